The highest BCUT2D eigenvalue weighted by molar-refractivity contribution is 7.13. The first-order valence-electron chi connectivity index (χ1n) is 10.1. The molecule has 1 aromatic carbocycles. The molecule has 2 aliphatic rings. The molecule has 0 aliphatic carbocycles. The molecule has 2 aliphatic heterocycles. The van der Waals surface area contributed by atoms with Crippen LogP contribution >= 0.6 is 11.3 Å². The van der Waals surface area contributed by atoms with Crippen LogP contribution in [0.25, 0.3) is 0 Å². The minimum atomic E-state index is 0.0392. The number of aromatic nitrogens is 1. The Morgan fingerprint density at radius 1 is 1.10 bits per heavy atom. The second-order valence-electron chi connectivity index (χ2n) is 7.48. The van der Waals surface area contributed by atoms with Crippen LogP contribution in [0.15, 0.2) is 29.6 Å². The van der Waals surface area contributed by atoms with Gasteiger partial charge in [-0.05, 0) is 19.1 Å². The largest absolute Gasteiger partial charge is 0.484 e. The van der Waals surface area contributed by atoms with E-state index in [0.29, 0.717) is 13.1 Å². The number of aryl methyl sites for hydroxylation is 1. The molecule has 0 unspecified atom stereocenters. The number of benzene rings is 1. The lowest BCUT2D eigenvalue weighted by Gasteiger charge is -2.34. The Morgan fingerprint density at radius 2 is 1.83 bits per heavy atom. The zero-order chi connectivity index (χ0) is 20.1. The summed E-state index contributed by atoms with van der Waals surface area (Å²) in [5.74, 6) is 0.774. The van der Waals surface area contributed by atoms with Gasteiger partial charge in [0.15, 0.2) is 11.7 Å². The van der Waals surface area contributed by atoms with Crippen molar-refractivity contribution < 1.29 is 14.3 Å². The fourth-order valence-corrected chi connectivity index (χ4v) is 4.39. The third-order valence-corrected chi connectivity index (χ3v) is 6.27. The molecule has 3 heterocycles. The maximum atomic E-state index is 12.5. The van der Waals surface area contributed by atoms with E-state index in [1.54, 1.807) is 11.3 Å². The van der Waals surface area contributed by atoms with Crippen LogP contribution in [0.4, 0.5) is 5.13 Å². The minimum Gasteiger partial charge on any atom is -0.484 e. The minimum absolute atomic E-state index is 0.0392. The Morgan fingerprint density at radius 3 is 2.55 bits per heavy atom. The molecule has 0 radical (unpaired) electrons. The average molecular weight is 417 g/mol. The highest BCUT2D eigenvalue weighted by atomic mass is 32.1. The Balaban J connectivity index is 1.22. The van der Waals surface area contributed by atoms with Gasteiger partial charge in [-0.1, -0.05) is 17.7 Å². The van der Waals surface area contributed by atoms with Crippen molar-refractivity contribution in [1.82, 2.24) is 14.8 Å². The van der Waals surface area contributed by atoms with E-state index in [-0.39, 0.29) is 12.5 Å². The summed E-state index contributed by atoms with van der Waals surface area (Å²) in [7, 11) is 0. The normalized spacial score (nSPS) is 18.1. The van der Waals surface area contributed by atoms with Gasteiger partial charge in [0.2, 0.25) is 0 Å². The summed E-state index contributed by atoms with van der Waals surface area (Å²) in [6.07, 6.45) is 0. The van der Waals surface area contributed by atoms with E-state index in [2.05, 4.69) is 15.2 Å². The number of hydrogen-bond donors (Lipinski definition) is 0. The number of anilines is 1. The monoisotopic (exact) mass is 416 g/mol. The van der Waals surface area contributed by atoms with Crippen LogP contribution in [0.3, 0.4) is 0 Å². The van der Waals surface area contributed by atoms with Crippen molar-refractivity contribution in [2.24, 2.45) is 0 Å². The molecular formula is C21H28N4O3S. The van der Waals surface area contributed by atoms with Gasteiger partial charge in [0, 0.05) is 51.2 Å². The maximum absolute atomic E-state index is 12.5. The first-order valence-corrected chi connectivity index (χ1v) is 11.0. The van der Waals surface area contributed by atoms with Crippen LogP contribution in [0, 0.1) is 6.92 Å². The predicted octanol–water partition coefficient (Wildman–Crippen LogP) is 2.01. The molecule has 1 aromatic heterocycles. The summed E-state index contributed by atoms with van der Waals surface area (Å²) in [5.41, 5.74) is 2.30. The van der Waals surface area contributed by atoms with Crippen molar-refractivity contribution in [3.63, 3.8) is 0 Å². The smallest absolute Gasteiger partial charge is 0.260 e. The van der Waals surface area contributed by atoms with Crippen LogP contribution in [-0.2, 0) is 16.1 Å². The molecule has 1 amide bonds. The van der Waals surface area contributed by atoms with E-state index in [0.717, 1.165) is 62.5 Å². The lowest BCUT2D eigenvalue weighted by Crippen LogP contribution is -2.50. The highest BCUT2D eigenvalue weighted by Crippen LogP contribution is 2.23. The second-order valence-corrected chi connectivity index (χ2v) is 8.32. The quantitative estimate of drug-likeness (QED) is 0.718. The summed E-state index contributed by atoms with van der Waals surface area (Å²) in [5, 5.41) is 3.20. The highest BCUT2D eigenvalue weighted by Gasteiger charge is 2.23. The number of rotatable bonds is 6. The molecule has 2 fully saturated rings. The van der Waals surface area contributed by atoms with Crippen molar-refractivity contribution in [2.45, 2.75) is 13.5 Å². The van der Waals surface area contributed by atoms with E-state index in [1.807, 2.05) is 36.1 Å². The van der Waals surface area contributed by atoms with Crippen LogP contribution < -0.4 is 9.64 Å². The number of carbonyl (C=O) groups excluding carboxylic acids is 1. The lowest BCUT2D eigenvalue weighted by molar-refractivity contribution is -0.133. The molecule has 0 N–H and O–H groups in total. The van der Waals surface area contributed by atoms with Gasteiger partial charge in [-0.15, -0.1) is 11.3 Å². The van der Waals surface area contributed by atoms with Crippen molar-refractivity contribution in [3.8, 4) is 5.75 Å². The Kier molecular flexibility index (Phi) is 6.63. The van der Waals surface area contributed by atoms with Gasteiger partial charge in [0.1, 0.15) is 5.75 Å². The number of hydrogen-bond acceptors (Lipinski definition) is 7. The molecule has 8 heteroatoms. The molecule has 0 spiro atoms. The van der Waals surface area contributed by atoms with Gasteiger partial charge in [-0.2, -0.15) is 0 Å². The Labute approximate surface area is 175 Å². The summed E-state index contributed by atoms with van der Waals surface area (Å²) in [6, 6.07) is 7.77. The number of nitrogens with zero attached hydrogens (tertiary/aromatic N) is 4. The molecule has 7 nitrogen and oxygen atoms in total. The van der Waals surface area contributed by atoms with Crippen LogP contribution in [0.2, 0.25) is 0 Å². The van der Waals surface area contributed by atoms with Crippen LogP contribution in [0.1, 0.15) is 11.3 Å². The molecule has 0 bridgehead atoms. The summed E-state index contributed by atoms with van der Waals surface area (Å²) in [4.78, 5) is 23.8. The summed E-state index contributed by atoms with van der Waals surface area (Å²) in [6.45, 7) is 9.57. The number of thiazole rings is 1. The fourth-order valence-electron chi connectivity index (χ4n) is 3.52. The number of ether oxygens (including phenoxy) is 2. The Bertz CT molecular complexity index is 797. The predicted molar refractivity (Wildman–Crippen MR) is 114 cm³/mol. The molecule has 0 saturated carbocycles. The lowest BCUT2D eigenvalue weighted by atomic mass is 10.2. The van der Waals surface area contributed by atoms with Gasteiger partial charge < -0.3 is 19.3 Å². The third kappa shape index (κ3) is 5.46. The fraction of sp³-hybridized carbons (Fsp3) is 0.524. The SMILES string of the molecule is Cc1ccc(OCC(=O)N2CCN(c3nc(CN4CCOCC4)cs3)CC2)cc1. The molecular weight excluding hydrogens is 388 g/mol. The van der Waals surface area contributed by atoms with Gasteiger partial charge in [0.05, 0.1) is 18.9 Å². The average Bonchev–Trinajstić information content (AvgIpc) is 3.22. The van der Waals surface area contributed by atoms with Crippen molar-refractivity contribution in [2.75, 3.05) is 64.0 Å². The van der Waals surface area contributed by atoms with Crippen molar-refractivity contribution >= 4 is 22.4 Å². The van der Waals surface area contributed by atoms with E-state index in [1.165, 1.54) is 5.56 Å². The zero-order valence-electron chi connectivity index (χ0n) is 16.9. The molecule has 2 aromatic rings. The molecule has 156 valence electrons. The van der Waals surface area contributed by atoms with E-state index >= 15 is 0 Å². The van der Waals surface area contributed by atoms with Gasteiger partial charge in [-0.25, -0.2) is 4.98 Å². The van der Waals surface area contributed by atoms with Gasteiger partial charge in [-0.3, -0.25) is 9.69 Å². The summed E-state index contributed by atoms with van der Waals surface area (Å²) < 4.78 is 11.0. The van der Waals surface area contributed by atoms with E-state index < -0.39 is 0 Å². The standard InChI is InChI=1S/C21H28N4O3S/c1-17-2-4-19(5-3-17)28-15-20(26)24-6-8-25(9-7-24)21-22-18(16-29-21)14-23-10-12-27-13-11-23/h2-5,16H,6-15H2,1H3. The van der Waals surface area contributed by atoms with E-state index in [4.69, 9.17) is 14.5 Å². The Hall–Kier alpha value is -2.16. The van der Waals surface area contributed by atoms with E-state index in [9.17, 15) is 4.79 Å². The maximum Gasteiger partial charge on any atom is 0.260 e. The topological polar surface area (TPSA) is 58.1 Å². The van der Waals surface area contributed by atoms with Gasteiger partial charge >= 0.3 is 0 Å². The number of morpholine rings is 1. The molecule has 2 saturated heterocycles. The number of piperazine rings is 1. The van der Waals surface area contributed by atoms with Crippen LogP contribution in [-0.4, -0.2) is 79.8 Å². The molecule has 29 heavy (non-hydrogen) atoms. The third-order valence-electron chi connectivity index (χ3n) is 5.32. The molecule has 4 rings (SSSR count). The first-order chi connectivity index (χ1) is 14.2. The first kappa shape index (κ1) is 20.1. The number of amides is 1. The van der Waals surface area contributed by atoms with Crippen LogP contribution in [0.5, 0.6) is 5.75 Å². The molecule has 0 atom stereocenters. The summed E-state index contributed by atoms with van der Waals surface area (Å²) >= 11 is 1.69. The second kappa shape index (κ2) is 9.56. The number of carbonyl (C=O) groups is 1. The van der Waals surface area contributed by atoms with Crippen molar-refractivity contribution in [1.29, 1.82) is 0 Å². The zero-order valence-corrected chi connectivity index (χ0v) is 17.7. The van der Waals surface area contributed by atoms with Crippen molar-refractivity contribution in [3.05, 3.63) is 40.9 Å². The van der Waals surface area contributed by atoms with Gasteiger partial charge in [0.25, 0.3) is 5.91 Å².